The summed E-state index contributed by atoms with van der Waals surface area (Å²) in [5.74, 6) is -0.175. The van der Waals surface area contributed by atoms with Gasteiger partial charge in [0.25, 0.3) is 0 Å². The first kappa shape index (κ1) is 26.0. The Morgan fingerprint density at radius 2 is 1.98 bits per heavy atom. The molecule has 2 aliphatic rings. The van der Waals surface area contributed by atoms with Crippen LogP contribution < -0.4 is 10.2 Å². The Balaban J connectivity index is 1.40. The van der Waals surface area contributed by atoms with Gasteiger partial charge < -0.3 is 15.3 Å². The number of hydrogen-bond acceptors (Lipinski definition) is 8. The number of nitriles is 1. The maximum Gasteiger partial charge on any atom is 0.356 e. The second-order valence-electron chi connectivity index (χ2n) is 10.8. The Morgan fingerprint density at radius 3 is 2.62 bits per heavy atom. The summed E-state index contributed by atoms with van der Waals surface area (Å²) in [6.45, 7) is 3.88. The molecule has 3 atom stereocenters. The normalized spacial score (nSPS) is 20.9. The van der Waals surface area contributed by atoms with E-state index in [0.717, 1.165) is 42.5 Å². The molecule has 204 valence electrons. The summed E-state index contributed by atoms with van der Waals surface area (Å²) in [6.07, 6.45) is 7.34. The van der Waals surface area contributed by atoms with E-state index < -0.39 is 5.97 Å². The number of rotatable bonds is 6. The largest absolute Gasteiger partial charge is 0.476 e. The Hall–Kier alpha value is -4.23. The highest BCUT2D eigenvalue weighted by atomic mass is 35.5. The number of aryl methyl sites for hydroxylation is 2. The summed E-state index contributed by atoms with van der Waals surface area (Å²) in [7, 11) is 1.94. The molecular weight excluding hydrogens is 528 g/mol. The van der Waals surface area contributed by atoms with Crippen LogP contribution in [0.1, 0.15) is 77.6 Å². The minimum absolute atomic E-state index is 0.151. The molecule has 2 fully saturated rings. The van der Waals surface area contributed by atoms with Crippen LogP contribution in [0.4, 0.5) is 11.5 Å². The average Bonchev–Trinajstić information content (AvgIpc) is 3.47. The van der Waals surface area contributed by atoms with Crippen molar-refractivity contribution < 1.29 is 9.90 Å². The first-order valence-corrected chi connectivity index (χ1v) is 13.8. The SMILES string of the molecule is Cc1cc([C@@H](C)Nc2c(Cl)ccnc2C(=O)O)c2nc(N3C4CCC3CC(c3ccn(C)n3)C4)c(C#N)nc2c1. The number of nitrogens with zero attached hydrogens (tertiary/aromatic N) is 7. The zero-order valence-corrected chi connectivity index (χ0v) is 23.2. The van der Waals surface area contributed by atoms with Gasteiger partial charge in [-0.2, -0.15) is 10.4 Å². The van der Waals surface area contributed by atoms with E-state index in [1.54, 1.807) is 6.07 Å². The highest BCUT2D eigenvalue weighted by molar-refractivity contribution is 6.33. The van der Waals surface area contributed by atoms with Crippen molar-refractivity contribution in [3.05, 3.63) is 69.9 Å². The van der Waals surface area contributed by atoms with Gasteiger partial charge in [0.2, 0.25) is 0 Å². The molecule has 0 aliphatic carbocycles. The van der Waals surface area contributed by atoms with E-state index >= 15 is 0 Å². The van der Waals surface area contributed by atoms with E-state index in [1.165, 1.54) is 6.20 Å². The van der Waals surface area contributed by atoms with Crippen LogP contribution in [0, 0.1) is 18.3 Å². The lowest BCUT2D eigenvalue weighted by Crippen LogP contribution is -2.43. The van der Waals surface area contributed by atoms with Gasteiger partial charge in [-0.25, -0.2) is 19.7 Å². The summed E-state index contributed by atoms with van der Waals surface area (Å²) >= 11 is 6.37. The number of carboxylic acids is 1. The molecule has 40 heavy (non-hydrogen) atoms. The van der Waals surface area contributed by atoms with Crippen LogP contribution in [0.5, 0.6) is 0 Å². The lowest BCUT2D eigenvalue weighted by atomic mass is 9.88. The molecule has 1 aromatic carbocycles. The molecule has 11 heteroatoms. The molecule has 5 heterocycles. The average molecular weight is 557 g/mol. The lowest BCUT2D eigenvalue weighted by Gasteiger charge is -2.39. The fourth-order valence-corrected chi connectivity index (χ4v) is 6.56. The van der Waals surface area contributed by atoms with E-state index in [2.05, 4.69) is 32.4 Å². The van der Waals surface area contributed by atoms with E-state index in [0.29, 0.717) is 28.5 Å². The number of piperidine rings is 1. The zero-order chi connectivity index (χ0) is 28.1. The number of hydrogen-bond donors (Lipinski definition) is 2. The monoisotopic (exact) mass is 556 g/mol. The number of aromatic carboxylic acids is 1. The number of carbonyl (C=O) groups is 1. The Kier molecular flexibility index (Phi) is 6.55. The molecule has 2 saturated heterocycles. The van der Waals surface area contributed by atoms with Gasteiger partial charge >= 0.3 is 5.97 Å². The number of nitrogens with one attached hydrogen (secondary N) is 1. The van der Waals surface area contributed by atoms with Crippen molar-refractivity contribution in [3.63, 3.8) is 0 Å². The number of fused-ring (bicyclic) bond motifs is 3. The molecule has 0 amide bonds. The van der Waals surface area contributed by atoms with Gasteiger partial charge in [-0.15, -0.1) is 0 Å². The maximum atomic E-state index is 11.8. The second kappa shape index (κ2) is 10.1. The van der Waals surface area contributed by atoms with Gasteiger partial charge in [0.1, 0.15) is 6.07 Å². The minimum atomic E-state index is -1.17. The van der Waals surface area contributed by atoms with Gasteiger partial charge in [0, 0.05) is 43.0 Å². The van der Waals surface area contributed by atoms with Gasteiger partial charge in [0.05, 0.1) is 33.5 Å². The van der Waals surface area contributed by atoms with Crippen molar-refractivity contribution in [3.8, 4) is 6.07 Å². The molecule has 0 saturated carbocycles. The topological polar surface area (TPSA) is 133 Å². The van der Waals surface area contributed by atoms with Crippen LogP contribution in [0.2, 0.25) is 5.02 Å². The van der Waals surface area contributed by atoms with Crippen LogP contribution >= 0.6 is 11.6 Å². The third-order valence-electron chi connectivity index (χ3n) is 8.09. The first-order chi connectivity index (χ1) is 19.2. The highest BCUT2D eigenvalue weighted by Gasteiger charge is 2.43. The number of carboxylic acid groups (broad SMARTS) is 1. The van der Waals surface area contributed by atoms with Crippen LogP contribution in [0.25, 0.3) is 11.0 Å². The molecule has 4 aromatic rings. The molecule has 2 aliphatic heterocycles. The molecule has 2 N–H and O–H groups in total. The van der Waals surface area contributed by atoms with Crippen molar-refractivity contribution in [2.24, 2.45) is 7.05 Å². The van der Waals surface area contributed by atoms with E-state index in [1.807, 2.05) is 43.9 Å². The molecule has 3 aromatic heterocycles. The Bertz CT molecular complexity index is 1660. The zero-order valence-electron chi connectivity index (χ0n) is 22.5. The first-order valence-electron chi connectivity index (χ1n) is 13.4. The van der Waals surface area contributed by atoms with Crippen molar-refractivity contribution in [1.29, 1.82) is 5.26 Å². The number of anilines is 2. The summed E-state index contributed by atoms with van der Waals surface area (Å²) in [5, 5.41) is 27.9. The number of aromatic nitrogens is 5. The maximum absolute atomic E-state index is 11.8. The van der Waals surface area contributed by atoms with Gasteiger partial charge in [-0.1, -0.05) is 17.7 Å². The molecule has 2 bridgehead atoms. The lowest BCUT2D eigenvalue weighted by molar-refractivity contribution is 0.0691. The van der Waals surface area contributed by atoms with Gasteiger partial charge in [-0.05, 0) is 63.3 Å². The Labute approximate surface area is 236 Å². The van der Waals surface area contributed by atoms with E-state index in [4.69, 9.17) is 21.6 Å². The molecule has 6 rings (SSSR count). The van der Waals surface area contributed by atoms with Crippen molar-refractivity contribution in [2.45, 2.75) is 63.6 Å². The van der Waals surface area contributed by atoms with Crippen molar-refractivity contribution >= 4 is 40.1 Å². The minimum Gasteiger partial charge on any atom is -0.476 e. The smallest absolute Gasteiger partial charge is 0.356 e. The predicted molar refractivity (Wildman–Crippen MR) is 152 cm³/mol. The quantitative estimate of drug-likeness (QED) is 0.321. The summed E-state index contributed by atoms with van der Waals surface area (Å²) in [6, 6.07) is 10.0. The fourth-order valence-electron chi connectivity index (χ4n) is 6.36. The molecular formula is C29H29ClN8O2. The summed E-state index contributed by atoms with van der Waals surface area (Å²) in [5.41, 5.74) is 4.61. The summed E-state index contributed by atoms with van der Waals surface area (Å²) < 4.78 is 1.85. The molecule has 10 nitrogen and oxygen atoms in total. The second-order valence-corrected chi connectivity index (χ2v) is 11.2. The Morgan fingerprint density at radius 1 is 1.23 bits per heavy atom. The molecule has 0 spiro atoms. The van der Waals surface area contributed by atoms with Gasteiger partial charge in [-0.3, -0.25) is 4.68 Å². The van der Waals surface area contributed by atoms with Crippen molar-refractivity contribution in [1.82, 2.24) is 24.7 Å². The third-order valence-corrected chi connectivity index (χ3v) is 8.41. The third kappa shape index (κ3) is 4.50. The fraction of sp³-hybridized carbons (Fsp3) is 0.379. The predicted octanol–water partition coefficient (Wildman–Crippen LogP) is 5.38. The molecule has 2 unspecified atom stereocenters. The number of halogens is 1. The van der Waals surface area contributed by atoms with Gasteiger partial charge in [0.15, 0.2) is 17.2 Å². The molecule has 0 radical (unpaired) electrons. The van der Waals surface area contributed by atoms with Crippen LogP contribution in [-0.2, 0) is 7.05 Å². The number of pyridine rings is 1. The highest BCUT2D eigenvalue weighted by Crippen LogP contribution is 2.45. The summed E-state index contributed by atoms with van der Waals surface area (Å²) in [4.78, 5) is 28.0. The van der Waals surface area contributed by atoms with Crippen LogP contribution in [-0.4, -0.2) is 47.9 Å². The van der Waals surface area contributed by atoms with Crippen LogP contribution in [0.15, 0.2) is 36.7 Å². The number of benzene rings is 1. The van der Waals surface area contributed by atoms with Crippen LogP contribution in [0.3, 0.4) is 0 Å². The standard InChI is InChI=1S/C29H29ClN8O2/c1-15-10-20(16(2)33-26-21(30)6-8-32-27(26)29(39)40)25-23(11-15)34-24(14-31)28(35-25)38-18-4-5-19(38)13-17(12-18)22-7-9-37(3)36-22/h6-11,16-19,33H,4-5,12-13H2,1-3H3,(H,39,40)/t16-,17?,18?,19?/m1/s1. The van der Waals surface area contributed by atoms with E-state index in [9.17, 15) is 15.2 Å². The van der Waals surface area contributed by atoms with E-state index in [-0.39, 0.29) is 34.5 Å². The van der Waals surface area contributed by atoms with Crippen molar-refractivity contribution in [2.75, 3.05) is 10.2 Å².